The molecular weight excluding hydrogens is 366 g/mol. The standard InChI is InChI=1S/C23H23N3.2C2H6/c1-17(23-16-25-26(3)18(23)2)14-21(19-10-6-4-7-11-19)22(15-24)20-12-8-5-9-13-20;2*1-2/h4-13,16,21-22H,1,14H2,2-3H3;2*1-2H3. The molecule has 0 N–H and O–H groups in total. The van der Waals surface area contributed by atoms with Gasteiger partial charge in [-0.2, -0.15) is 10.4 Å². The van der Waals surface area contributed by atoms with Gasteiger partial charge in [0.25, 0.3) is 0 Å². The van der Waals surface area contributed by atoms with Crippen LogP contribution in [0.3, 0.4) is 0 Å². The number of aromatic nitrogens is 2. The lowest BCUT2D eigenvalue weighted by molar-refractivity contribution is 0.642. The van der Waals surface area contributed by atoms with Crippen LogP contribution in [0.5, 0.6) is 0 Å². The first-order chi connectivity index (χ1) is 14.6. The van der Waals surface area contributed by atoms with Crippen molar-refractivity contribution in [1.29, 1.82) is 5.26 Å². The van der Waals surface area contributed by atoms with Crippen molar-refractivity contribution in [2.75, 3.05) is 0 Å². The quantitative estimate of drug-likeness (QED) is 0.435. The molecule has 2 unspecified atom stereocenters. The Morgan fingerprint density at radius 2 is 1.47 bits per heavy atom. The van der Waals surface area contributed by atoms with Gasteiger partial charge in [-0.05, 0) is 30.0 Å². The van der Waals surface area contributed by atoms with Crippen LogP contribution < -0.4 is 0 Å². The van der Waals surface area contributed by atoms with E-state index in [1.807, 2.05) is 101 Å². The van der Waals surface area contributed by atoms with Crippen LogP contribution in [0.4, 0.5) is 0 Å². The van der Waals surface area contributed by atoms with Gasteiger partial charge < -0.3 is 0 Å². The molecule has 1 aromatic heterocycles. The zero-order chi connectivity index (χ0) is 22.5. The van der Waals surface area contributed by atoms with Crippen molar-refractivity contribution >= 4 is 5.57 Å². The van der Waals surface area contributed by atoms with Gasteiger partial charge in [-0.3, -0.25) is 4.68 Å². The molecule has 0 bridgehead atoms. The number of benzene rings is 2. The largest absolute Gasteiger partial charge is 0.272 e. The minimum absolute atomic E-state index is 0.0377. The summed E-state index contributed by atoms with van der Waals surface area (Å²) in [6, 6.07) is 22.8. The molecule has 0 aliphatic heterocycles. The Hall–Kier alpha value is -3.12. The molecule has 0 aliphatic carbocycles. The Morgan fingerprint density at radius 1 is 0.967 bits per heavy atom. The minimum Gasteiger partial charge on any atom is -0.272 e. The van der Waals surface area contributed by atoms with Crippen LogP contribution in [0.15, 0.2) is 73.4 Å². The molecule has 3 nitrogen and oxygen atoms in total. The molecule has 0 amide bonds. The highest BCUT2D eigenvalue weighted by molar-refractivity contribution is 5.65. The van der Waals surface area contributed by atoms with Crippen LogP contribution in [0, 0.1) is 18.3 Å². The third-order valence-corrected chi connectivity index (χ3v) is 5.01. The van der Waals surface area contributed by atoms with E-state index < -0.39 is 0 Å². The van der Waals surface area contributed by atoms with Crippen molar-refractivity contribution in [1.82, 2.24) is 9.78 Å². The van der Waals surface area contributed by atoms with Gasteiger partial charge in [0.05, 0.1) is 18.2 Å². The Labute approximate surface area is 182 Å². The monoisotopic (exact) mass is 401 g/mol. The molecule has 158 valence electrons. The number of nitrogens with zero attached hydrogens (tertiary/aromatic N) is 3. The molecule has 3 heteroatoms. The number of hydrogen-bond donors (Lipinski definition) is 0. The molecule has 2 atom stereocenters. The number of hydrogen-bond acceptors (Lipinski definition) is 2. The second-order valence-electron chi connectivity index (χ2n) is 6.61. The summed E-state index contributed by atoms with van der Waals surface area (Å²) < 4.78 is 1.86. The molecule has 0 saturated carbocycles. The van der Waals surface area contributed by atoms with E-state index in [1.165, 1.54) is 0 Å². The van der Waals surface area contributed by atoms with Gasteiger partial charge in [0.2, 0.25) is 0 Å². The summed E-state index contributed by atoms with van der Waals surface area (Å²) in [6.45, 7) is 14.4. The van der Waals surface area contributed by atoms with Crippen molar-refractivity contribution in [2.45, 2.75) is 52.9 Å². The smallest absolute Gasteiger partial charge is 0.0784 e. The molecule has 1 heterocycles. The molecule has 3 aromatic rings. The molecule has 0 aliphatic rings. The van der Waals surface area contributed by atoms with E-state index in [4.69, 9.17) is 0 Å². The summed E-state index contributed by atoms with van der Waals surface area (Å²) in [4.78, 5) is 0. The first-order valence-corrected chi connectivity index (χ1v) is 10.8. The lowest BCUT2D eigenvalue weighted by atomic mass is 9.78. The maximum atomic E-state index is 9.96. The molecule has 0 saturated heterocycles. The van der Waals surface area contributed by atoms with Gasteiger partial charge in [-0.15, -0.1) is 0 Å². The fourth-order valence-electron chi connectivity index (χ4n) is 3.41. The van der Waals surface area contributed by atoms with E-state index >= 15 is 0 Å². The maximum Gasteiger partial charge on any atom is 0.0784 e. The Morgan fingerprint density at radius 3 is 1.90 bits per heavy atom. The average Bonchev–Trinajstić information content (AvgIpc) is 3.16. The van der Waals surface area contributed by atoms with E-state index in [0.29, 0.717) is 6.42 Å². The zero-order valence-electron chi connectivity index (χ0n) is 19.3. The third kappa shape index (κ3) is 6.19. The minimum atomic E-state index is -0.229. The summed E-state index contributed by atoms with van der Waals surface area (Å²) in [7, 11) is 1.93. The second-order valence-corrected chi connectivity index (χ2v) is 6.61. The molecular formula is C27H35N3. The topological polar surface area (TPSA) is 41.6 Å². The van der Waals surface area contributed by atoms with E-state index in [-0.39, 0.29) is 11.8 Å². The summed E-state index contributed by atoms with van der Waals surface area (Å²) >= 11 is 0. The van der Waals surface area contributed by atoms with E-state index in [2.05, 4.69) is 29.9 Å². The number of allylic oxidation sites excluding steroid dienone is 1. The summed E-state index contributed by atoms with van der Waals surface area (Å²) in [6.07, 6.45) is 2.58. The fourth-order valence-corrected chi connectivity index (χ4v) is 3.41. The van der Waals surface area contributed by atoms with Crippen LogP contribution in [0.1, 0.15) is 68.3 Å². The molecule has 2 aromatic carbocycles. The fraction of sp³-hybridized carbons (Fsp3) is 0.333. The number of aryl methyl sites for hydroxylation is 1. The van der Waals surface area contributed by atoms with Gasteiger partial charge in [-0.25, -0.2) is 0 Å². The summed E-state index contributed by atoms with van der Waals surface area (Å²) in [5.41, 5.74) is 5.37. The van der Waals surface area contributed by atoms with Crippen molar-refractivity contribution in [3.63, 3.8) is 0 Å². The first kappa shape index (κ1) is 24.9. The molecule has 3 rings (SSSR count). The van der Waals surface area contributed by atoms with Gasteiger partial charge in [0.15, 0.2) is 0 Å². The molecule has 0 spiro atoms. The average molecular weight is 402 g/mol. The normalized spacial score (nSPS) is 11.6. The lowest BCUT2D eigenvalue weighted by Crippen LogP contribution is -2.11. The van der Waals surface area contributed by atoms with Crippen molar-refractivity contribution in [3.8, 4) is 6.07 Å². The predicted molar refractivity (Wildman–Crippen MR) is 128 cm³/mol. The van der Waals surface area contributed by atoms with Crippen molar-refractivity contribution in [3.05, 3.63) is 95.8 Å². The van der Waals surface area contributed by atoms with Gasteiger partial charge in [0, 0.05) is 24.2 Å². The highest BCUT2D eigenvalue weighted by atomic mass is 15.3. The SMILES string of the molecule is C=C(CC(c1ccccc1)C(C#N)c1ccccc1)c1cnn(C)c1C.CC.CC. The van der Waals surface area contributed by atoms with E-state index in [9.17, 15) is 5.26 Å². The Kier molecular flexibility index (Phi) is 10.9. The van der Waals surface area contributed by atoms with Crippen LogP contribution in [0.2, 0.25) is 0 Å². The Balaban J connectivity index is 0.00000106. The third-order valence-electron chi connectivity index (χ3n) is 5.01. The Bertz CT molecular complexity index is 918. The molecule has 0 fully saturated rings. The van der Waals surface area contributed by atoms with Gasteiger partial charge in [-0.1, -0.05) is 94.9 Å². The zero-order valence-corrected chi connectivity index (χ0v) is 19.3. The maximum absolute atomic E-state index is 9.96. The van der Waals surface area contributed by atoms with Crippen molar-refractivity contribution in [2.24, 2.45) is 7.05 Å². The summed E-state index contributed by atoms with van der Waals surface area (Å²) in [5.74, 6) is -0.192. The summed E-state index contributed by atoms with van der Waals surface area (Å²) in [5, 5.41) is 14.3. The van der Waals surface area contributed by atoms with E-state index in [1.54, 1.807) is 0 Å². The number of nitriles is 1. The number of rotatable bonds is 6. The molecule has 30 heavy (non-hydrogen) atoms. The van der Waals surface area contributed by atoms with Gasteiger partial charge >= 0.3 is 0 Å². The van der Waals surface area contributed by atoms with E-state index in [0.717, 1.165) is 28.0 Å². The van der Waals surface area contributed by atoms with Crippen LogP contribution in [-0.2, 0) is 7.05 Å². The lowest BCUT2D eigenvalue weighted by Gasteiger charge is -2.24. The first-order valence-electron chi connectivity index (χ1n) is 10.8. The van der Waals surface area contributed by atoms with Crippen LogP contribution >= 0.6 is 0 Å². The molecule has 0 radical (unpaired) electrons. The van der Waals surface area contributed by atoms with Crippen molar-refractivity contribution < 1.29 is 0 Å². The van der Waals surface area contributed by atoms with Gasteiger partial charge in [0.1, 0.15) is 0 Å². The predicted octanol–water partition coefficient (Wildman–Crippen LogP) is 7.28. The highest BCUT2D eigenvalue weighted by Gasteiger charge is 2.26. The van der Waals surface area contributed by atoms with Crippen LogP contribution in [-0.4, -0.2) is 9.78 Å². The second kappa shape index (κ2) is 13.2. The highest BCUT2D eigenvalue weighted by Crippen LogP contribution is 2.39. The van der Waals surface area contributed by atoms with Crippen LogP contribution in [0.25, 0.3) is 5.57 Å².